The molecule has 140 valence electrons. The molecule has 2 N–H and O–H groups in total. The Labute approximate surface area is 159 Å². The van der Waals surface area contributed by atoms with Crippen LogP contribution in [0.4, 0.5) is 5.82 Å². The van der Waals surface area contributed by atoms with E-state index in [1.165, 1.54) is 23.8 Å². The van der Waals surface area contributed by atoms with Crippen LogP contribution >= 0.6 is 0 Å². The van der Waals surface area contributed by atoms with Crippen molar-refractivity contribution in [3.63, 3.8) is 0 Å². The number of aryl methyl sites for hydroxylation is 1. The van der Waals surface area contributed by atoms with E-state index in [0.717, 1.165) is 42.8 Å². The van der Waals surface area contributed by atoms with Gasteiger partial charge in [-0.05, 0) is 55.0 Å². The summed E-state index contributed by atoms with van der Waals surface area (Å²) in [6.07, 6.45) is 8.67. The fraction of sp³-hybridized carbons (Fsp3) is 0.364. The minimum Gasteiger partial charge on any atom is -0.361 e. The van der Waals surface area contributed by atoms with Crippen LogP contribution in [0.2, 0.25) is 0 Å². The van der Waals surface area contributed by atoms with Gasteiger partial charge in [0.05, 0.1) is 0 Å². The van der Waals surface area contributed by atoms with Crippen LogP contribution in [0.1, 0.15) is 36.8 Å². The molecular weight excluding hydrogens is 336 g/mol. The summed E-state index contributed by atoms with van der Waals surface area (Å²) in [5, 5.41) is 4.29. The molecule has 1 saturated heterocycles. The Morgan fingerprint density at radius 1 is 1.19 bits per heavy atom. The van der Waals surface area contributed by atoms with E-state index in [0.29, 0.717) is 13.0 Å². The van der Waals surface area contributed by atoms with Crippen LogP contribution < -0.4 is 10.2 Å². The number of carbonyl (C=O) groups excluding carboxylic acids is 1. The highest BCUT2D eigenvalue weighted by Gasteiger charge is 2.13. The molecule has 0 atom stereocenters. The van der Waals surface area contributed by atoms with E-state index in [1.807, 2.05) is 18.3 Å². The Morgan fingerprint density at radius 2 is 2.04 bits per heavy atom. The quantitative estimate of drug-likeness (QED) is 0.672. The number of benzene rings is 1. The molecule has 0 spiro atoms. The average molecular weight is 362 g/mol. The molecule has 3 aromatic rings. The number of aromatic amines is 1. The van der Waals surface area contributed by atoms with Gasteiger partial charge in [-0.25, -0.2) is 4.98 Å². The summed E-state index contributed by atoms with van der Waals surface area (Å²) in [5.41, 5.74) is 3.54. The van der Waals surface area contributed by atoms with Gasteiger partial charge in [0.15, 0.2) is 0 Å². The zero-order valence-corrected chi connectivity index (χ0v) is 15.6. The van der Waals surface area contributed by atoms with Crippen molar-refractivity contribution >= 4 is 22.6 Å². The van der Waals surface area contributed by atoms with Gasteiger partial charge in [-0.3, -0.25) is 4.79 Å². The first-order valence-electron chi connectivity index (χ1n) is 9.81. The second-order valence-electron chi connectivity index (χ2n) is 7.21. The number of hydrogen-bond donors (Lipinski definition) is 2. The van der Waals surface area contributed by atoms with Gasteiger partial charge in [-0.2, -0.15) is 0 Å². The summed E-state index contributed by atoms with van der Waals surface area (Å²) in [4.78, 5) is 22.3. The average Bonchev–Trinajstić information content (AvgIpc) is 3.37. The van der Waals surface area contributed by atoms with Gasteiger partial charge in [-0.15, -0.1) is 0 Å². The summed E-state index contributed by atoms with van der Waals surface area (Å²) in [6, 6.07) is 12.4. The second kappa shape index (κ2) is 8.25. The predicted molar refractivity (Wildman–Crippen MR) is 109 cm³/mol. The highest BCUT2D eigenvalue weighted by Crippen LogP contribution is 2.20. The molecule has 5 nitrogen and oxygen atoms in total. The Balaban J connectivity index is 1.24. The molecule has 2 aromatic heterocycles. The Hall–Kier alpha value is -2.82. The molecule has 1 amide bonds. The number of aromatic nitrogens is 2. The van der Waals surface area contributed by atoms with Gasteiger partial charge in [-0.1, -0.05) is 18.2 Å². The van der Waals surface area contributed by atoms with Crippen LogP contribution in [-0.4, -0.2) is 29.0 Å². The fourth-order valence-electron chi connectivity index (χ4n) is 3.76. The predicted octanol–water partition coefficient (Wildman–Crippen LogP) is 3.80. The van der Waals surface area contributed by atoms with E-state index in [1.54, 1.807) is 0 Å². The van der Waals surface area contributed by atoms with E-state index in [-0.39, 0.29) is 5.91 Å². The number of nitrogens with zero attached hydrogens (tertiary/aromatic N) is 2. The van der Waals surface area contributed by atoms with Crippen molar-refractivity contribution in [2.45, 2.75) is 38.6 Å². The van der Waals surface area contributed by atoms with Gasteiger partial charge in [0, 0.05) is 49.4 Å². The van der Waals surface area contributed by atoms with Gasteiger partial charge >= 0.3 is 0 Å². The molecule has 27 heavy (non-hydrogen) atoms. The number of carbonyl (C=O) groups is 1. The Kier molecular flexibility index (Phi) is 5.37. The standard InChI is InChI=1S/C22H26N4O/c27-22(9-5-6-18-16-24-20-8-2-1-7-19(18)20)25-15-17-10-11-23-21(14-17)26-12-3-4-13-26/h1-2,7-8,10-11,14,16,24H,3-6,9,12-13,15H2,(H,25,27). The summed E-state index contributed by atoms with van der Waals surface area (Å²) in [6.45, 7) is 2.72. The molecule has 1 aromatic carbocycles. The zero-order chi connectivity index (χ0) is 18.5. The first-order valence-corrected chi connectivity index (χ1v) is 9.81. The number of fused-ring (bicyclic) bond motifs is 1. The summed E-state index contributed by atoms with van der Waals surface area (Å²) < 4.78 is 0. The van der Waals surface area contributed by atoms with Crippen LogP contribution in [-0.2, 0) is 17.8 Å². The maximum Gasteiger partial charge on any atom is 0.220 e. The van der Waals surface area contributed by atoms with Crippen molar-refractivity contribution in [2.75, 3.05) is 18.0 Å². The number of nitrogens with one attached hydrogen (secondary N) is 2. The van der Waals surface area contributed by atoms with E-state index in [4.69, 9.17) is 0 Å². The number of anilines is 1. The molecular formula is C22H26N4O. The third kappa shape index (κ3) is 4.30. The van der Waals surface area contributed by atoms with Gasteiger partial charge in [0.2, 0.25) is 5.91 Å². The lowest BCUT2D eigenvalue weighted by molar-refractivity contribution is -0.121. The zero-order valence-electron chi connectivity index (χ0n) is 15.6. The summed E-state index contributed by atoms with van der Waals surface area (Å²) >= 11 is 0. The number of amides is 1. The minimum absolute atomic E-state index is 0.106. The summed E-state index contributed by atoms with van der Waals surface area (Å²) in [7, 11) is 0. The largest absolute Gasteiger partial charge is 0.361 e. The van der Waals surface area contributed by atoms with E-state index in [2.05, 4.69) is 50.6 Å². The molecule has 0 unspecified atom stereocenters. The SMILES string of the molecule is O=C(CCCc1c[nH]c2ccccc12)NCc1ccnc(N2CCCC2)c1. The highest BCUT2D eigenvalue weighted by molar-refractivity contribution is 5.83. The second-order valence-corrected chi connectivity index (χ2v) is 7.21. The van der Waals surface area contributed by atoms with E-state index >= 15 is 0 Å². The normalized spacial score (nSPS) is 14.0. The van der Waals surface area contributed by atoms with Crippen LogP contribution in [0.15, 0.2) is 48.8 Å². The number of H-pyrrole nitrogens is 1. The monoisotopic (exact) mass is 362 g/mol. The van der Waals surface area contributed by atoms with Crippen molar-refractivity contribution in [1.29, 1.82) is 0 Å². The van der Waals surface area contributed by atoms with Crippen molar-refractivity contribution in [3.8, 4) is 0 Å². The number of hydrogen-bond acceptors (Lipinski definition) is 3. The molecule has 0 saturated carbocycles. The third-order valence-corrected chi connectivity index (χ3v) is 5.25. The molecule has 0 radical (unpaired) electrons. The van der Waals surface area contributed by atoms with Crippen molar-refractivity contribution in [1.82, 2.24) is 15.3 Å². The Morgan fingerprint density at radius 3 is 2.93 bits per heavy atom. The lowest BCUT2D eigenvalue weighted by Crippen LogP contribution is -2.23. The Bertz CT molecular complexity index is 911. The minimum atomic E-state index is 0.106. The number of para-hydroxylation sites is 1. The van der Waals surface area contributed by atoms with Crippen LogP contribution in [0.25, 0.3) is 10.9 Å². The first kappa shape index (κ1) is 17.6. The lowest BCUT2D eigenvalue weighted by atomic mass is 10.1. The maximum absolute atomic E-state index is 12.2. The number of rotatable bonds is 7. The van der Waals surface area contributed by atoms with Crippen LogP contribution in [0.3, 0.4) is 0 Å². The first-order chi connectivity index (χ1) is 13.3. The van der Waals surface area contributed by atoms with Crippen molar-refractivity contribution in [3.05, 3.63) is 59.9 Å². The van der Waals surface area contributed by atoms with Gasteiger partial charge < -0.3 is 15.2 Å². The molecule has 4 rings (SSSR count). The van der Waals surface area contributed by atoms with Gasteiger partial charge in [0.25, 0.3) is 0 Å². The van der Waals surface area contributed by atoms with Crippen LogP contribution in [0, 0.1) is 0 Å². The molecule has 1 aliphatic heterocycles. The third-order valence-electron chi connectivity index (χ3n) is 5.25. The molecule has 5 heteroatoms. The molecule has 1 fully saturated rings. The smallest absolute Gasteiger partial charge is 0.220 e. The van der Waals surface area contributed by atoms with Crippen molar-refractivity contribution < 1.29 is 4.79 Å². The molecule has 3 heterocycles. The molecule has 0 aliphatic carbocycles. The lowest BCUT2D eigenvalue weighted by Gasteiger charge is -2.17. The van der Waals surface area contributed by atoms with E-state index < -0.39 is 0 Å². The fourth-order valence-corrected chi connectivity index (χ4v) is 3.76. The molecule has 0 bridgehead atoms. The topological polar surface area (TPSA) is 61.0 Å². The highest BCUT2D eigenvalue weighted by atomic mass is 16.1. The summed E-state index contributed by atoms with van der Waals surface area (Å²) in [5.74, 6) is 1.13. The van der Waals surface area contributed by atoms with Gasteiger partial charge in [0.1, 0.15) is 5.82 Å². The van der Waals surface area contributed by atoms with E-state index in [9.17, 15) is 4.79 Å². The number of pyridine rings is 1. The van der Waals surface area contributed by atoms with Crippen LogP contribution in [0.5, 0.6) is 0 Å². The molecule has 1 aliphatic rings. The maximum atomic E-state index is 12.2. The van der Waals surface area contributed by atoms with Crippen molar-refractivity contribution in [2.24, 2.45) is 0 Å².